The molecule has 0 saturated carbocycles. The summed E-state index contributed by atoms with van der Waals surface area (Å²) in [5.41, 5.74) is 1.56. The van der Waals surface area contributed by atoms with Gasteiger partial charge in [-0.15, -0.1) is 6.58 Å². The molecule has 1 amide bonds. The second kappa shape index (κ2) is 7.84. The van der Waals surface area contributed by atoms with E-state index in [9.17, 15) is 4.79 Å². The normalized spacial score (nSPS) is 20.1. The van der Waals surface area contributed by atoms with Crippen LogP contribution in [0.15, 0.2) is 61.6 Å². The monoisotopic (exact) mass is 323 g/mol. The summed E-state index contributed by atoms with van der Waals surface area (Å²) in [5, 5.41) is 0. The van der Waals surface area contributed by atoms with Crippen molar-refractivity contribution in [3.8, 4) is 0 Å². The predicted molar refractivity (Wildman–Crippen MR) is 91.6 cm³/mol. The van der Waals surface area contributed by atoms with Crippen LogP contribution in [0, 0.1) is 0 Å². The third-order valence-corrected chi connectivity index (χ3v) is 4.24. The summed E-state index contributed by atoms with van der Waals surface area (Å²) >= 11 is 0. The molecule has 1 aromatic carbocycles. The number of nitrogens with zero attached hydrogens (tertiary/aromatic N) is 3. The molecule has 0 radical (unpaired) electrons. The molecule has 2 atom stereocenters. The van der Waals surface area contributed by atoms with Gasteiger partial charge in [0.2, 0.25) is 0 Å². The van der Waals surface area contributed by atoms with Crippen LogP contribution in [0.2, 0.25) is 0 Å². The first kappa shape index (κ1) is 16.3. The lowest BCUT2D eigenvalue weighted by Gasteiger charge is -2.28. The van der Waals surface area contributed by atoms with E-state index in [1.165, 1.54) is 11.8 Å². The Hall–Kier alpha value is -2.53. The van der Waals surface area contributed by atoms with E-state index < -0.39 is 0 Å². The molecule has 1 aliphatic rings. The summed E-state index contributed by atoms with van der Waals surface area (Å²) in [6.07, 6.45) is 7.95. The van der Waals surface area contributed by atoms with E-state index in [0.29, 0.717) is 18.8 Å². The lowest BCUT2D eigenvalue weighted by atomic mass is 10.0. The third kappa shape index (κ3) is 3.68. The van der Waals surface area contributed by atoms with Gasteiger partial charge in [0.15, 0.2) is 0 Å². The maximum absolute atomic E-state index is 12.8. The minimum atomic E-state index is -0.0891. The molecule has 24 heavy (non-hydrogen) atoms. The average Bonchev–Trinajstić information content (AvgIpc) is 3.03. The Morgan fingerprint density at radius 3 is 2.88 bits per heavy atom. The van der Waals surface area contributed by atoms with Gasteiger partial charge < -0.3 is 9.64 Å². The number of carbonyl (C=O) groups is 1. The molecule has 1 saturated heterocycles. The van der Waals surface area contributed by atoms with E-state index in [-0.39, 0.29) is 18.1 Å². The van der Waals surface area contributed by atoms with Crippen molar-refractivity contribution in [2.24, 2.45) is 0 Å². The highest BCUT2D eigenvalue weighted by Crippen LogP contribution is 2.26. The molecule has 0 aliphatic carbocycles. The van der Waals surface area contributed by atoms with Crippen LogP contribution in [0.5, 0.6) is 0 Å². The first-order valence-corrected chi connectivity index (χ1v) is 8.13. The Morgan fingerprint density at radius 2 is 2.17 bits per heavy atom. The maximum Gasteiger partial charge on any atom is 0.274 e. The fraction of sp³-hybridized carbons (Fsp3) is 0.316. The van der Waals surface area contributed by atoms with Crippen molar-refractivity contribution in [3.05, 3.63) is 72.8 Å². The largest absolute Gasteiger partial charge is 0.372 e. The summed E-state index contributed by atoms with van der Waals surface area (Å²) in [4.78, 5) is 22.8. The van der Waals surface area contributed by atoms with Crippen LogP contribution >= 0.6 is 0 Å². The molecule has 2 heterocycles. The van der Waals surface area contributed by atoms with Crippen LogP contribution in [-0.4, -0.2) is 46.1 Å². The van der Waals surface area contributed by atoms with Gasteiger partial charge in [-0.05, 0) is 18.4 Å². The number of carbonyl (C=O) groups excluding carboxylic acids is 1. The van der Waals surface area contributed by atoms with Crippen LogP contribution in [0.1, 0.15) is 22.5 Å². The van der Waals surface area contributed by atoms with Gasteiger partial charge in [-0.2, -0.15) is 0 Å². The highest BCUT2D eigenvalue weighted by Gasteiger charge is 2.38. The lowest BCUT2D eigenvalue weighted by molar-refractivity contribution is 0.0377. The van der Waals surface area contributed by atoms with E-state index in [2.05, 4.69) is 28.7 Å². The van der Waals surface area contributed by atoms with E-state index in [4.69, 9.17) is 4.74 Å². The van der Waals surface area contributed by atoms with Gasteiger partial charge in [0, 0.05) is 18.9 Å². The maximum atomic E-state index is 12.8. The molecule has 1 aliphatic heterocycles. The van der Waals surface area contributed by atoms with Crippen LogP contribution < -0.4 is 0 Å². The van der Waals surface area contributed by atoms with Gasteiger partial charge in [-0.25, -0.2) is 4.98 Å². The van der Waals surface area contributed by atoms with Crippen LogP contribution in [-0.2, 0) is 11.2 Å². The van der Waals surface area contributed by atoms with Crippen molar-refractivity contribution in [1.82, 2.24) is 14.9 Å². The number of benzene rings is 1. The molecule has 1 aromatic heterocycles. The number of ether oxygens (including phenoxy) is 1. The molecule has 1 fully saturated rings. The predicted octanol–water partition coefficient (Wildman–Crippen LogP) is 2.51. The quantitative estimate of drug-likeness (QED) is 0.767. The standard InChI is InChI=1S/C19H21N3O2/c1-2-12-24-18-8-11-22(19(23)16-14-20-9-10-21-16)17(18)13-15-6-4-3-5-7-15/h2-7,9-10,14,17-18H,1,8,11-13H2/t17-,18+/m0/s1. The molecule has 124 valence electrons. The van der Waals surface area contributed by atoms with Crippen LogP contribution in [0.3, 0.4) is 0 Å². The van der Waals surface area contributed by atoms with Crippen LogP contribution in [0.4, 0.5) is 0 Å². The van der Waals surface area contributed by atoms with Crippen molar-refractivity contribution in [1.29, 1.82) is 0 Å². The van der Waals surface area contributed by atoms with Gasteiger partial charge >= 0.3 is 0 Å². The van der Waals surface area contributed by atoms with E-state index in [0.717, 1.165) is 12.8 Å². The number of hydrogen-bond donors (Lipinski definition) is 0. The molecule has 5 heteroatoms. The highest BCUT2D eigenvalue weighted by atomic mass is 16.5. The molecule has 0 N–H and O–H groups in total. The lowest BCUT2D eigenvalue weighted by Crippen LogP contribution is -2.42. The van der Waals surface area contributed by atoms with Crippen LogP contribution in [0.25, 0.3) is 0 Å². The summed E-state index contributed by atoms with van der Waals surface area (Å²) in [5.74, 6) is -0.0891. The average molecular weight is 323 g/mol. The number of hydrogen-bond acceptors (Lipinski definition) is 4. The van der Waals surface area contributed by atoms with Crippen molar-refractivity contribution < 1.29 is 9.53 Å². The molecular weight excluding hydrogens is 302 g/mol. The molecule has 5 nitrogen and oxygen atoms in total. The second-order valence-corrected chi connectivity index (χ2v) is 5.80. The third-order valence-electron chi connectivity index (χ3n) is 4.24. The van der Waals surface area contributed by atoms with Crippen molar-refractivity contribution in [2.75, 3.05) is 13.2 Å². The zero-order valence-electron chi connectivity index (χ0n) is 13.5. The Kier molecular flexibility index (Phi) is 5.33. The van der Waals surface area contributed by atoms with Gasteiger partial charge in [0.1, 0.15) is 5.69 Å². The van der Waals surface area contributed by atoms with Gasteiger partial charge in [0.25, 0.3) is 5.91 Å². The first-order valence-electron chi connectivity index (χ1n) is 8.13. The minimum Gasteiger partial charge on any atom is -0.372 e. The summed E-state index contributed by atoms with van der Waals surface area (Å²) in [6.45, 7) is 4.86. The van der Waals surface area contributed by atoms with Gasteiger partial charge in [0.05, 0.1) is 24.9 Å². The molecule has 0 unspecified atom stereocenters. The molecule has 3 rings (SSSR count). The van der Waals surface area contributed by atoms with Crippen molar-refractivity contribution >= 4 is 5.91 Å². The summed E-state index contributed by atoms with van der Waals surface area (Å²) < 4.78 is 5.91. The fourth-order valence-corrected chi connectivity index (χ4v) is 3.12. The smallest absolute Gasteiger partial charge is 0.274 e. The summed E-state index contributed by atoms with van der Waals surface area (Å²) in [6, 6.07) is 10.2. The molecule has 2 aromatic rings. The Bertz CT molecular complexity index is 676. The van der Waals surface area contributed by atoms with E-state index in [1.807, 2.05) is 23.1 Å². The zero-order valence-corrected chi connectivity index (χ0v) is 13.5. The van der Waals surface area contributed by atoms with Gasteiger partial charge in [-0.1, -0.05) is 36.4 Å². The Labute approximate surface area is 142 Å². The minimum absolute atomic E-state index is 0.00354. The van der Waals surface area contributed by atoms with Crippen molar-refractivity contribution in [2.45, 2.75) is 25.0 Å². The van der Waals surface area contributed by atoms with Crippen molar-refractivity contribution in [3.63, 3.8) is 0 Å². The topological polar surface area (TPSA) is 55.3 Å². The number of rotatable bonds is 6. The highest BCUT2D eigenvalue weighted by molar-refractivity contribution is 5.92. The summed E-state index contributed by atoms with van der Waals surface area (Å²) in [7, 11) is 0. The SMILES string of the molecule is C=CCO[C@@H]1CCN(C(=O)c2cnccn2)[C@H]1Cc1ccccc1. The number of aromatic nitrogens is 2. The zero-order chi connectivity index (χ0) is 16.8. The molecular formula is C19H21N3O2. The molecule has 0 bridgehead atoms. The van der Waals surface area contributed by atoms with E-state index >= 15 is 0 Å². The Morgan fingerprint density at radius 1 is 1.33 bits per heavy atom. The molecule has 0 spiro atoms. The van der Waals surface area contributed by atoms with E-state index in [1.54, 1.807) is 18.5 Å². The first-order chi connectivity index (χ1) is 11.8. The Balaban J connectivity index is 1.81. The fourth-order valence-electron chi connectivity index (χ4n) is 3.12. The number of amides is 1. The number of likely N-dealkylation sites (tertiary alicyclic amines) is 1. The van der Waals surface area contributed by atoms with Gasteiger partial charge in [-0.3, -0.25) is 9.78 Å². The second-order valence-electron chi connectivity index (χ2n) is 5.80.